The van der Waals surface area contributed by atoms with Crippen LogP contribution in [-0.4, -0.2) is 23.9 Å². The van der Waals surface area contributed by atoms with E-state index >= 15 is 0 Å². The molecule has 0 radical (unpaired) electrons. The van der Waals surface area contributed by atoms with Gasteiger partial charge in [0.2, 0.25) is 5.91 Å². The Hall–Kier alpha value is -1.57. The molecule has 1 aromatic rings. The number of piperidine rings is 1. The normalized spacial score (nSPS) is 24.4. The molecule has 1 aliphatic rings. The van der Waals surface area contributed by atoms with E-state index in [1.54, 1.807) is 6.08 Å². The lowest BCUT2D eigenvalue weighted by molar-refractivity contribution is -0.128. The number of rotatable bonds is 2. The molecule has 1 saturated heterocycles. The number of carbonyl (C=O) groups excluding carboxylic acids is 1. The van der Waals surface area contributed by atoms with Crippen molar-refractivity contribution in [1.82, 2.24) is 4.90 Å². The maximum atomic E-state index is 12.1. The van der Waals surface area contributed by atoms with Crippen LogP contribution in [-0.2, 0) is 4.79 Å². The van der Waals surface area contributed by atoms with Crippen molar-refractivity contribution < 1.29 is 4.79 Å². The van der Waals surface area contributed by atoms with E-state index in [0.29, 0.717) is 11.8 Å². The third-order valence-corrected chi connectivity index (χ3v) is 3.40. The number of amides is 1. The van der Waals surface area contributed by atoms with Crippen LogP contribution in [0.3, 0.4) is 0 Å². The first-order valence-electron chi connectivity index (χ1n) is 6.67. The third-order valence-electron chi connectivity index (χ3n) is 3.40. The Morgan fingerprint density at radius 3 is 2.39 bits per heavy atom. The Morgan fingerprint density at radius 1 is 1.17 bits per heavy atom. The minimum absolute atomic E-state index is 0.136. The van der Waals surface area contributed by atoms with Gasteiger partial charge < -0.3 is 4.90 Å². The van der Waals surface area contributed by atoms with Crippen LogP contribution in [0.25, 0.3) is 6.08 Å². The molecule has 0 aliphatic carbocycles. The lowest BCUT2D eigenvalue weighted by Crippen LogP contribution is -2.41. The largest absolute Gasteiger partial charge is 0.339 e. The molecule has 0 bridgehead atoms. The summed E-state index contributed by atoms with van der Waals surface area (Å²) in [6.45, 7) is 6.22. The van der Waals surface area contributed by atoms with Crippen molar-refractivity contribution in [3.05, 3.63) is 42.0 Å². The Bertz CT molecular complexity index is 414. The Labute approximate surface area is 109 Å². The van der Waals surface area contributed by atoms with Crippen LogP contribution < -0.4 is 0 Å². The number of hydrogen-bond acceptors (Lipinski definition) is 1. The predicted octanol–water partition coefficient (Wildman–Crippen LogP) is 3.20. The fourth-order valence-corrected chi connectivity index (χ4v) is 2.68. The average molecular weight is 243 g/mol. The first kappa shape index (κ1) is 12.9. The van der Waals surface area contributed by atoms with Crippen LogP contribution in [0.2, 0.25) is 0 Å². The highest BCUT2D eigenvalue weighted by molar-refractivity contribution is 5.91. The van der Waals surface area contributed by atoms with Crippen molar-refractivity contribution in [2.45, 2.75) is 20.3 Å². The topological polar surface area (TPSA) is 20.3 Å². The molecule has 96 valence electrons. The molecule has 0 saturated carbocycles. The van der Waals surface area contributed by atoms with Gasteiger partial charge in [0.25, 0.3) is 0 Å². The molecule has 2 heteroatoms. The molecule has 2 rings (SSSR count). The standard InChI is InChI=1S/C16H21NO/c1-13-10-14(2)12-17(11-13)16(18)9-8-15-6-4-3-5-7-15/h3-9,13-14H,10-12H2,1-2H3/b9-8+/t13-,14-/m0/s1. The lowest BCUT2D eigenvalue weighted by atomic mass is 9.92. The van der Waals surface area contributed by atoms with Gasteiger partial charge in [-0.3, -0.25) is 4.79 Å². The molecule has 1 aromatic carbocycles. The summed E-state index contributed by atoms with van der Waals surface area (Å²) >= 11 is 0. The van der Waals surface area contributed by atoms with E-state index in [1.807, 2.05) is 41.3 Å². The van der Waals surface area contributed by atoms with Crippen molar-refractivity contribution in [1.29, 1.82) is 0 Å². The summed E-state index contributed by atoms with van der Waals surface area (Å²) in [4.78, 5) is 14.1. The van der Waals surface area contributed by atoms with Gasteiger partial charge in [0.15, 0.2) is 0 Å². The molecule has 1 aliphatic heterocycles. The quantitative estimate of drug-likeness (QED) is 0.730. The second-order valence-electron chi connectivity index (χ2n) is 5.43. The van der Waals surface area contributed by atoms with Gasteiger partial charge in [-0.25, -0.2) is 0 Å². The van der Waals surface area contributed by atoms with Crippen LogP contribution >= 0.6 is 0 Å². The van der Waals surface area contributed by atoms with Crippen molar-refractivity contribution in [3.63, 3.8) is 0 Å². The van der Waals surface area contributed by atoms with Crippen molar-refractivity contribution >= 4 is 12.0 Å². The van der Waals surface area contributed by atoms with Gasteiger partial charge in [-0.15, -0.1) is 0 Å². The van der Waals surface area contributed by atoms with E-state index in [-0.39, 0.29) is 5.91 Å². The van der Waals surface area contributed by atoms with E-state index < -0.39 is 0 Å². The maximum absolute atomic E-state index is 12.1. The number of carbonyl (C=O) groups is 1. The van der Waals surface area contributed by atoms with E-state index in [1.165, 1.54) is 6.42 Å². The molecule has 0 aromatic heterocycles. The molecule has 0 spiro atoms. The van der Waals surface area contributed by atoms with Gasteiger partial charge in [0.1, 0.15) is 0 Å². The molecule has 18 heavy (non-hydrogen) atoms. The molecule has 2 nitrogen and oxygen atoms in total. The Morgan fingerprint density at radius 2 is 1.78 bits per heavy atom. The number of nitrogens with zero attached hydrogens (tertiary/aromatic N) is 1. The van der Waals surface area contributed by atoms with E-state index in [4.69, 9.17) is 0 Å². The average Bonchev–Trinajstić information content (AvgIpc) is 2.36. The summed E-state index contributed by atoms with van der Waals surface area (Å²) in [5.41, 5.74) is 1.07. The maximum Gasteiger partial charge on any atom is 0.246 e. The second-order valence-corrected chi connectivity index (χ2v) is 5.43. The minimum Gasteiger partial charge on any atom is -0.339 e. The highest BCUT2D eigenvalue weighted by atomic mass is 16.2. The van der Waals surface area contributed by atoms with Crippen LogP contribution in [0, 0.1) is 11.8 Å². The zero-order valence-corrected chi connectivity index (χ0v) is 11.2. The van der Waals surface area contributed by atoms with Crippen LogP contribution in [0.15, 0.2) is 36.4 Å². The summed E-state index contributed by atoms with van der Waals surface area (Å²) < 4.78 is 0. The molecule has 1 heterocycles. The number of hydrogen-bond donors (Lipinski definition) is 0. The monoisotopic (exact) mass is 243 g/mol. The number of benzene rings is 1. The van der Waals surface area contributed by atoms with Gasteiger partial charge in [0, 0.05) is 19.2 Å². The first-order chi connectivity index (χ1) is 8.65. The lowest BCUT2D eigenvalue weighted by Gasteiger charge is -2.34. The smallest absolute Gasteiger partial charge is 0.246 e. The van der Waals surface area contributed by atoms with Crippen molar-refractivity contribution in [3.8, 4) is 0 Å². The highest BCUT2D eigenvalue weighted by Gasteiger charge is 2.23. The summed E-state index contributed by atoms with van der Waals surface area (Å²) in [6, 6.07) is 9.95. The van der Waals surface area contributed by atoms with Gasteiger partial charge in [-0.2, -0.15) is 0 Å². The molecule has 0 unspecified atom stereocenters. The SMILES string of the molecule is C[C@H]1C[C@H](C)CN(C(=O)/C=C/c2ccccc2)C1. The van der Waals surface area contributed by atoms with Crippen molar-refractivity contribution in [2.75, 3.05) is 13.1 Å². The van der Waals surface area contributed by atoms with Crippen molar-refractivity contribution in [2.24, 2.45) is 11.8 Å². The van der Waals surface area contributed by atoms with Gasteiger partial charge in [-0.1, -0.05) is 44.2 Å². The summed E-state index contributed by atoms with van der Waals surface area (Å²) in [5.74, 6) is 1.36. The fraction of sp³-hybridized carbons (Fsp3) is 0.438. The summed E-state index contributed by atoms with van der Waals surface area (Å²) in [7, 11) is 0. The third kappa shape index (κ3) is 3.46. The zero-order valence-electron chi connectivity index (χ0n) is 11.2. The van der Waals surface area contributed by atoms with Crippen LogP contribution in [0.4, 0.5) is 0 Å². The molecular weight excluding hydrogens is 222 g/mol. The van der Waals surface area contributed by atoms with E-state index in [2.05, 4.69) is 13.8 Å². The fourth-order valence-electron chi connectivity index (χ4n) is 2.68. The molecule has 0 N–H and O–H groups in total. The van der Waals surface area contributed by atoms with Crippen LogP contribution in [0.1, 0.15) is 25.8 Å². The van der Waals surface area contributed by atoms with Gasteiger partial charge in [0.05, 0.1) is 0 Å². The Balaban J connectivity index is 1.97. The molecular formula is C16H21NO. The summed E-state index contributed by atoms with van der Waals surface area (Å²) in [5, 5.41) is 0. The first-order valence-corrected chi connectivity index (χ1v) is 6.67. The highest BCUT2D eigenvalue weighted by Crippen LogP contribution is 2.21. The second kappa shape index (κ2) is 5.85. The van der Waals surface area contributed by atoms with Gasteiger partial charge in [-0.05, 0) is 29.9 Å². The zero-order chi connectivity index (χ0) is 13.0. The van der Waals surface area contributed by atoms with E-state index in [9.17, 15) is 4.79 Å². The van der Waals surface area contributed by atoms with E-state index in [0.717, 1.165) is 18.7 Å². The Kier molecular flexibility index (Phi) is 4.19. The predicted molar refractivity (Wildman–Crippen MR) is 75.0 cm³/mol. The molecule has 2 atom stereocenters. The minimum atomic E-state index is 0.136. The molecule has 1 fully saturated rings. The summed E-state index contributed by atoms with van der Waals surface area (Å²) in [6.07, 6.45) is 4.82. The molecule has 1 amide bonds. The van der Waals surface area contributed by atoms with Crippen LogP contribution in [0.5, 0.6) is 0 Å². The number of likely N-dealkylation sites (tertiary alicyclic amines) is 1. The van der Waals surface area contributed by atoms with Gasteiger partial charge >= 0.3 is 0 Å².